The Balaban J connectivity index is 2.56. The van der Waals surface area contributed by atoms with Crippen LogP contribution in [0.4, 0.5) is 0 Å². The molecule has 0 amide bonds. The number of rotatable bonds is 2. The first-order chi connectivity index (χ1) is 9.70. The fourth-order valence-corrected chi connectivity index (χ4v) is 2.61. The van der Waals surface area contributed by atoms with E-state index in [4.69, 9.17) is 0 Å². The fraction of sp³-hybridized carbons (Fsp3) is 0.450. The van der Waals surface area contributed by atoms with Crippen LogP contribution in [-0.4, -0.2) is 0 Å². The molecule has 0 bridgehead atoms. The van der Waals surface area contributed by atoms with Crippen LogP contribution < -0.4 is 4.57 Å². The minimum atomic E-state index is 0.179. The molecule has 0 unspecified atom stereocenters. The van der Waals surface area contributed by atoms with E-state index in [9.17, 15) is 0 Å². The molecule has 21 heavy (non-hydrogen) atoms. The molecule has 0 fully saturated rings. The first-order valence-electron chi connectivity index (χ1n) is 7.81. The molecule has 0 spiro atoms. The van der Waals surface area contributed by atoms with Crippen molar-refractivity contribution >= 4 is 0 Å². The maximum atomic E-state index is 2.35. The van der Waals surface area contributed by atoms with Crippen molar-refractivity contribution in [2.75, 3.05) is 0 Å². The normalized spacial score (nSPS) is 12.0. The molecule has 1 nitrogen and oxygen atoms in total. The zero-order valence-electron chi connectivity index (χ0n) is 14.5. The molecule has 1 aromatic heterocycles. The van der Waals surface area contributed by atoms with Gasteiger partial charge in [-0.25, -0.2) is 4.57 Å². The van der Waals surface area contributed by atoms with Crippen molar-refractivity contribution in [1.29, 1.82) is 0 Å². The van der Waals surface area contributed by atoms with E-state index in [0.29, 0.717) is 5.92 Å². The molecule has 2 aromatic rings. The third kappa shape index (κ3) is 3.34. The van der Waals surface area contributed by atoms with Crippen LogP contribution in [0.5, 0.6) is 0 Å². The van der Waals surface area contributed by atoms with Gasteiger partial charge in [-0.2, -0.15) is 0 Å². The second-order valence-corrected chi connectivity index (χ2v) is 7.39. The van der Waals surface area contributed by atoms with Gasteiger partial charge in [-0.1, -0.05) is 46.8 Å². The second kappa shape index (κ2) is 5.63. The van der Waals surface area contributed by atoms with E-state index < -0.39 is 0 Å². The Morgan fingerprint density at radius 1 is 1.00 bits per heavy atom. The summed E-state index contributed by atoms with van der Waals surface area (Å²) in [6, 6.07) is 11.3. The molecule has 0 aliphatic carbocycles. The topological polar surface area (TPSA) is 3.88 Å². The van der Waals surface area contributed by atoms with Gasteiger partial charge in [0.15, 0.2) is 6.20 Å². The first-order valence-corrected chi connectivity index (χ1v) is 7.81. The Kier molecular flexibility index (Phi) is 4.22. The van der Waals surface area contributed by atoms with Gasteiger partial charge in [-0.3, -0.25) is 0 Å². The molecule has 0 aliphatic heterocycles. The summed E-state index contributed by atoms with van der Waals surface area (Å²) in [5.41, 5.74) is 6.89. The summed E-state index contributed by atoms with van der Waals surface area (Å²) in [5, 5.41) is 0. The molecule has 2 rings (SSSR count). The molecular weight excluding hydrogens is 254 g/mol. The van der Waals surface area contributed by atoms with Gasteiger partial charge >= 0.3 is 0 Å². The number of nitrogens with zero attached hydrogens (tertiary/aromatic N) is 1. The number of hydrogen-bond acceptors (Lipinski definition) is 0. The third-order valence-corrected chi connectivity index (χ3v) is 4.20. The highest BCUT2D eigenvalue weighted by molar-refractivity contribution is 5.62. The van der Waals surface area contributed by atoms with Crippen LogP contribution in [0, 0.1) is 6.92 Å². The minimum Gasteiger partial charge on any atom is -0.201 e. The standard InChI is InChI=1S/C20H28N/c1-14(2)16-9-11-19(21(7)13-16)18-12-17(20(4,5)6)10-8-15(18)3/h8-14H,1-7H3/q+1. The van der Waals surface area contributed by atoms with Crippen LogP contribution in [0.15, 0.2) is 36.5 Å². The summed E-state index contributed by atoms with van der Waals surface area (Å²) in [7, 11) is 2.14. The van der Waals surface area contributed by atoms with Crippen molar-refractivity contribution in [2.24, 2.45) is 7.05 Å². The Bertz CT molecular complexity index is 645. The first kappa shape index (κ1) is 15.8. The summed E-state index contributed by atoms with van der Waals surface area (Å²) >= 11 is 0. The third-order valence-electron chi connectivity index (χ3n) is 4.20. The molecule has 1 aromatic carbocycles. The molecule has 1 heterocycles. The van der Waals surface area contributed by atoms with Gasteiger partial charge in [0.2, 0.25) is 5.69 Å². The monoisotopic (exact) mass is 282 g/mol. The Hall–Kier alpha value is -1.63. The van der Waals surface area contributed by atoms with Gasteiger partial charge in [-0.05, 0) is 41.5 Å². The quantitative estimate of drug-likeness (QED) is 0.689. The van der Waals surface area contributed by atoms with E-state index in [2.05, 4.69) is 89.7 Å². The van der Waals surface area contributed by atoms with Gasteiger partial charge in [0, 0.05) is 17.2 Å². The van der Waals surface area contributed by atoms with Crippen LogP contribution >= 0.6 is 0 Å². The number of aromatic nitrogens is 1. The summed E-state index contributed by atoms with van der Waals surface area (Å²) in [4.78, 5) is 0. The lowest BCUT2D eigenvalue weighted by molar-refractivity contribution is -0.660. The van der Waals surface area contributed by atoms with E-state index in [0.717, 1.165) is 0 Å². The largest absolute Gasteiger partial charge is 0.212 e. The lowest BCUT2D eigenvalue weighted by Crippen LogP contribution is -2.31. The van der Waals surface area contributed by atoms with E-state index in [-0.39, 0.29) is 5.41 Å². The number of benzene rings is 1. The van der Waals surface area contributed by atoms with Crippen LogP contribution in [0.3, 0.4) is 0 Å². The maximum Gasteiger partial charge on any atom is 0.212 e. The van der Waals surface area contributed by atoms with Gasteiger partial charge < -0.3 is 0 Å². The summed E-state index contributed by atoms with van der Waals surface area (Å²) in [6.45, 7) is 13.5. The maximum absolute atomic E-state index is 2.35. The lowest BCUT2D eigenvalue weighted by atomic mass is 9.85. The predicted molar refractivity (Wildman–Crippen MR) is 90.6 cm³/mol. The molecule has 112 valence electrons. The molecule has 0 N–H and O–H groups in total. The van der Waals surface area contributed by atoms with E-state index in [1.165, 1.54) is 27.9 Å². The van der Waals surface area contributed by atoms with Crippen molar-refractivity contribution in [3.8, 4) is 11.3 Å². The van der Waals surface area contributed by atoms with Crippen LogP contribution in [0.2, 0.25) is 0 Å². The predicted octanol–water partition coefficient (Wildman–Crippen LogP) is 4.91. The number of hydrogen-bond donors (Lipinski definition) is 0. The average molecular weight is 282 g/mol. The highest BCUT2D eigenvalue weighted by atomic mass is 14.9. The Morgan fingerprint density at radius 3 is 2.19 bits per heavy atom. The van der Waals surface area contributed by atoms with E-state index >= 15 is 0 Å². The average Bonchev–Trinajstić information content (AvgIpc) is 2.38. The van der Waals surface area contributed by atoms with Crippen molar-refractivity contribution in [3.63, 3.8) is 0 Å². The Morgan fingerprint density at radius 2 is 1.67 bits per heavy atom. The van der Waals surface area contributed by atoms with E-state index in [1.54, 1.807) is 0 Å². The fourth-order valence-electron chi connectivity index (χ4n) is 2.61. The van der Waals surface area contributed by atoms with Crippen LogP contribution in [-0.2, 0) is 12.5 Å². The minimum absolute atomic E-state index is 0.179. The van der Waals surface area contributed by atoms with Crippen molar-refractivity contribution in [1.82, 2.24) is 0 Å². The van der Waals surface area contributed by atoms with E-state index in [1.807, 2.05) is 0 Å². The van der Waals surface area contributed by atoms with Crippen LogP contribution in [0.1, 0.15) is 57.2 Å². The van der Waals surface area contributed by atoms with Crippen molar-refractivity contribution < 1.29 is 4.57 Å². The van der Waals surface area contributed by atoms with Gasteiger partial charge in [0.05, 0.1) is 0 Å². The summed E-state index contributed by atoms with van der Waals surface area (Å²) < 4.78 is 2.25. The lowest BCUT2D eigenvalue weighted by Gasteiger charge is -2.20. The molecular formula is C20H28N+. The number of aryl methyl sites for hydroxylation is 2. The summed E-state index contributed by atoms with van der Waals surface area (Å²) in [6.07, 6.45) is 2.25. The highest BCUT2D eigenvalue weighted by Gasteiger charge is 2.19. The highest BCUT2D eigenvalue weighted by Crippen LogP contribution is 2.29. The van der Waals surface area contributed by atoms with Crippen LogP contribution in [0.25, 0.3) is 11.3 Å². The molecule has 1 heteroatoms. The molecule has 0 saturated heterocycles. The molecule has 0 radical (unpaired) electrons. The molecule has 0 saturated carbocycles. The summed E-state index contributed by atoms with van der Waals surface area (Å²) in [5.74, 6) is 0.562. The van der Waals surface area contributed by atoms with Crippen molar-refractivity contribution in [2.45, 2.75) is 52.9 Å². The second-order valence-electron chi connectivity index (χ2n) is 7.39. The zero-order chi connectivity index (χ0) is 15.8. The van der Waals surface area contributed by atoms with Gasteiger partial charge in [-0.15, -0.1) is 0 Å². The SMILES string of the molecule is Cc1ccc(C(C)(C)C)cc1-c1ccc(C(C)C)c[n+]1C. The zero-order valence-corrected chi connectivity index (χ0v) is 14.5. The Labute approximate surface area is 129 Å². The number of pyridine rings is 1. The smallest absolute Gasteiger partial charge is 0.201 e. The molecule has 0 atom stereocenters. The van der Waals surface area contributed by atoms with Crippen molar-refractivity contribution in [3.05, 3.63) is 53.2 Å². The van der Waals surface area contributed by atoms with Gasteiger partial charge in [0.25, 0.3) is 0 Å². The molecule has 0 aliphatic rings. The van der Waals surface area contributed by atoms with Gasteiger partial charge in [0.1, 0.15) is 7.05 Å².